The van der Waals surface area contributed by atoms with Crippen LogP contribution >= 0.6 is 0 Å². The summed E-state index contributed by atoms with van der Waals surface area (Å²) in [6, 6.07) is 0. The molecule has 1 saturated carbocycles. The summed E-state index contributed by atoms with van der Waals surface area (Å²) in [6.45, 7) is 1.67. The molecule has 2 fully saturated rings. The highest BCUT2D eigenvalue weighted by molar-refractivity contribution is 6.38. The predicted octanol–water partition coefficient (Wildman–Crippen LogP) is 1.08. The molecule has 0 radical (unpaired) electrons. The molecule has 16 heavy (non-hydrogen) atoms. The van der Waals surface area contributed by atoms with Crippen molar-refractivity contribution in [2.45, 2.75) is 51.3 Å². The zero-order valence-electron chi connectivity index (χ0n) is 10.00. The maximum Gasteiger partial charge on any atom is 0.222 e. The van der Waals surface area contributed by atoms with Crippen LogP contribution in [0.25, 0.3) is 0 Å². The van der Waals surface area contributed by atoms with Crippen molar-refractivity contribution in [3.63, 3.8) is 0 Å². The molecule has 1 aliphatic carbocycles. The molecule has 1 heterocycles. The lowest BCUT2D eigenvalue weighted by Gasteiger charge is -2.27. The van der Waals surface area contributed by atoms with Gasteiger partial charge in [-0.05, 0) is 38.5 Å². The van der Waals surface area contributed by atoms with Gasteiger partial charge in [0, 0.05) is 18.3 Å². The van der Waals surface area contributed by atoms with Gasteiger partial charge in [0.05, 0.1) is 0 Å². The molecule has 0 aromatic heterocycles. The average Bonchev–Trinajstić information content (AvgIpc) is 3.03. The quantitative estimate of drug-likeness (QED) is 0.722. The number of carbonyl (C=O) groups is 2. The van der Waals surface area contributed by atoms with Crippen LogP contribution in [0.15, 0.2) is 0 Å². The van der Waals surface area contributed by atoms with Crippen molar-refractivity contribution in [3.8, 4) is 0 Å². The maximum absolute atomic E-state index is 11.6. The highest BCUT2D eigenvalue weighted by Gasteiger charge is 2.32. The first-order valence-corrected chi connectivity index (χ1v) is 6.45. The molecule has 2 aliphatic rings. The Morgan fingerprint density at radius 2 is 2.00 bits per heavy atom. The molecule has 88 valence electrons. The second-order valence-corrected chi connectivity index (χ2v) is 5.41. The molecule has 1 saturated heterocycles. The third kappa shape index (κ3) is 3.36. The number of ketones is 1. The van der Waals surface area contributed by atoms with E-state index in [2.05, 4.69) is 5.32 Å². The van der Waals surface area contributed by atoms with Gasteiger partial charge in [-0.2, -0.15) is 0 Å². The van der Waals surface area contributed by atoms with Gasteiger partial charge in [0.2, 0.25) is 5.91 Å². The monoisotopic (exact) mass is 221 g/mol. The van der Waals surface area contributed by atoms with Gasteiger partial charge in [-0.3, -0.25) is 4.79 Å². The fourth-order valence-corrected chi connectivity index (χ4v) is 2.58. The summed E-state index contributed by atoms with van der Waals surface area (Å²) in [4.78, 5) is 22.6. The van der Waals surface area contributed by atoms with Crippen molar-refractivity contribution in [2.75, 3.05) is 0 Å². The van der Waals surface area contributed by atoms with Crippen molar-refractivity contribution in [1.82, 2.24) is 5.32 Å². The molecule has 0 bridgehead atoms. The summed E-state index contributed by atoms with van der Waals surface area (Å²) in [6.07, 6.45) is 6.11. The number of carbonyl (C=O) groups excluding carboxylic acids is 2. The molecule has 3 nitrogen and oxygen atoms in total. The van der Waals surface area contributed by atoms with Crippen LogP contribution in [-0.2, 0) is 9.59 Å². The summed E-state index contributed by atoms with van der Waals surface area (Å²) in [5, 5.41) is 3.13. The van der Waals surface area contributed by atoms with E-state index in [1.807, 2.05) is 0 Å². The van der Waals surface area contributed by atoms with E-state index in [4.69, 9.17) is 0 Å². The Bertz CT molecular complexity index is 281. The Morgan fingerprint density at radius 1 is 1.25 bits per heavy atom. The summed E-state index contributed by atoms with van der Waals surface area (Å²) in [5.74, 6) is 1.80. The molecule has 0 aromatic carbocycles. The molecular formula is C12H20BNO2. The number of nitrogens with one attached hydrogen (secondary N) is 1. The Morgan fingerprint density at radius 3 is 2.50 bits per heavy atom. The SMILES string of the molecule is CC(=O)CC1CBC(NC(=O)C2CC2)CC1. The second kappa shape index (κ2) is 5.02. The lowest BCUT2D eigenvalue weighted by Crippen LogP contribution is -2.43. The summed E-state index contributed by atoms with van der Waals surface area (Å²) in [7, 11) is 1.05. The zero-order valence-corrected chi connectivity index (χ0v) is 10.00. The Hall–Kier alpha value is -0.795. The lowest BCUT2D eigenvalue weighted by molar-refractivity contribution is -0.122. The minimum absolute atomic E-state index is 0.259. The van der Waals surface area contributed by atoms with Gasteiger partial charge >= 0.3 is 0 Å². The van der Waals surface area contributed by atoms with Crippen molar-refractivity contribution >= 4 is 19.0 Å². The fourth-order valence-electron chi connectivity index (χ4n) is 2.58. The van der Waals surface area contributed by atoms with Crippen LogP contribution < -0.4 is 5.32 Å². The van der Waals surface area contributed by atoms with Gasteiger partial charge < -0.3 is 10.1 Å². The van der Waals surface area contributed by atoms with Gasteiger partial charge in [0.15, 0.2) is 0 Å². The summed E-state index contributed by atoms with van der Waals surface area (Å²) < 4.78 is 0. The lowest BCUT2D eigenvalue weighted by atomic mass is 9.56. The van der Waals surface area contributed by atoms with Gasteiger partial charge in [-0.25, -0.2) is 0 Å². The molecule has 2 rings (SSSR count). The van der Waals surface area contributed by atoms with Crippen LogP contribution in [0.2, 0.25) is 6.32 Å². The van der Waals surface area contributed by atoms with Gasteiger partial charge in [-0.1, -0.05) is 6.32 Å². The first kappa shape index (κ1) is 11.7. The normalized spacial score (nSPS) is 29.3. The van der Waals surface area contributed by atoms with Crippen molar-refractivity contribution in [1.29, 1.82) is 0 Å². The van der Waals surface area contributed by atoms with E-state index in [0.29, 0.717) is 23.6 Å². The molecule has 1 amide bonds. The summed E-state index contributed by atoms with van der Waals surface area (Å²) in [5.41, 5.74) is 0. The fraction of sp³-hybridized carbons (Fsp3) is 0.833. The molecule has 2 atom stereocenters. The maximum atomic E-state index is 11.6. The van der Waals surface area contributed by atoms with E-state index >= 15 is 0 Å². The highest BCUT2D eigenvalue weighted by atomic mass is 16.2. The molecule has 0 spiro atoms. The topological polar surface area (TPSA) is 46.2 Å². The van der Waals surface area contributed by atoms with Crippen LogP contribution in [0, 0.1) is 11.8 Å². The van der Waals surface area contributed by atoms with E-state index in [1.165, 1.54) is 0 Å². The van der Waals surface area contributed by atoms with Crippen LogP contribution in [0.4, 0.5) is 0 Å². The van der Waals surface area contributed by atoms with E-state index < -0.39 is 0 Å². The Balaban J connectivity index is 1.68. The van der Waals surface area contributed by atoms with Crippen LogP contribution in [0.1, 0.15) is 39.0 Å². The minimum atomic E-state index is 0.259. The van der Waals surface area contributed by atoms with E-state index in [9.17, 15) is 9.59 Å². The third-order valence-electron chi connectivity index (χ3n) is 3.72. The van der Waals surface area contributed by atoms with Crippen molar-refractivity contribution < 1.29 is 9.59 Å². The molecule has 1 aliphatic heterocycles. The zero-order chi connectivity index (χ0) is 11.5. The number of Topliss-reactive ketones (excluding diaryl/α,β-unsaturated/α-hetero) is 1. The minimum Gasteiger partial charge on any atom is -0.361 e. The van der Waals surface area contributed by atoms with Gasteiger partial charge in [0.25, 0.3) is 0 Å². The first-order valence-electron chi connectivity index (χ1n) is 6.45. The second-order valence-electron chi connectivity index (χ2n) is 5.41. The summed E-state index contributed by atoms with van der Waals surface area (Å²) >= 11 is 0. The highest BCUT2D eigenvalue weighted by Crippen LogP contribution is 2.30. The van der Waals surface area contributed by atoms with Crippen LogP contribution in [0.5, 0.6) is 0 Å². The van der Waals surface area contributed by atoms with E-state index in [-0.39, 0.29) is 5.91 Å². The third-order valence-corrected chi connectivity index (χ3v) is 3.72. The Labute approximate surface area is 97.6 Å². The number of hydrogen-bond acceptors (Lipinski definition) is 2. The number of rotatable bonds is 4. The molecule has 1 N–H and O–H groups in total. The standard InChI is InChI=1S/C12H20BNO2/c1-8(15)6-9-2-5-11(13-7-9)14-12(16)10-3-4-10/h9-11,13H,2-7H2,1H3,(H,14,16). The van der Waals surface area contributed by atoms with Crippen LogP contribution in [-0.4, -0.2) is 24.9 Å². The predicted molar refractivity (Wildman–Crippen MR) is 64.6 cm³/mol. The first-order chi connectivity index (χ1) is 7.65. The Kier molecular flexibility index (Phi) is 3.67. The van der Waals surface area contributed by atoms with Crippen molar-refractivity contribution in [2.24, 2.45) is 11.8 Å². The molecular weight excluding hydrogens is 201 g/mol. The van der Waals surface area contributed by atoms with E-state index in [1.54, 1.807) is 6.92 Å². The molecule has 0 aromatic rings. The number of hydrogen-bond donors (Lipinski definition) is 1. The average molecular weight is 221 g/mol. The van der Waals surface area contributed by atoms with Crippen molar-refractivity contribution in [3.05, 3.63) is 0 Å². The van der Waals surface area contributed by atoms with Gasteiger partial charge in [0.1, 0.15) is 13.1 Å². The van der Waals surface area contributed by atoms with E-state index in [0.717, 1.165) is 45.7 Å². The number of amides is 1. The van der Waals surface area contributed by atoms with Gasteiger partial charge in [-0.15, -0.1) is 0 Å². The van der Waals surface area contributed by atoms with Crippen LogP contribution in [0.3, 0.4) is 0 Å². The largest absolute Gasteiger partial charge is 0.361 e. The molecule has 4 heteroatoms. The molecule has 2 unspecified atom stereocenters. The smallest absolute Gasteiger partial charge is 0.222 e.